The van der Waals surface area contributed by atoms with Crippen LogP contribution >= 0.6 is 11.6 Å². The van der Waals surface area contributed by atoms with E-state index in [2.05, 4.69) is 5.32 Å². The van der Waals surface area contributed by atoms with Gasteiger partial charge in [0.05, 0.1) is 18.8 Å². The number of nitrogens with one attached hydrogen (secondary N) is 1. The van der Waals surface area contributed by atoms with Crippen molar-refractivity contribution in [1.29, 1.82) is 0 Å². The second-order valence-electron chi connectivity index (χ2n) is 4.23. The van der Waals surface area contributed by atoms with Crippen molar-refractivity contribution in [2.75, 3.05) is 12.4 Å². The number of benzene rings is 2. The van der Waals surface area contributed by atoms with E-state index < -0.39 is 0 Å². The lowest BCUT2D eigenvalue weighted by Gasteiger charge is -2.18. The van der Waals surface area contributed by atoms with Crippen molar-refractivity contribution >= 4 is 17.3 Å². The molecular formula is C15H15ClFNO. The first-order valence-corrected chi connectivity index (χ1v) is 6.34. The predicted molar refractivity (Wildman–Crippen MR) is 76.4 cm³/mol. The van der Waals surface area contributed by atoms with E-state index in [0.29, 0.717) is 5.02 Å². The first kappa shape index (κ1) is 13.7. The number of halogens is 2. The molecule has 4 heteroatoms. The molecule has 1 unspecified atom stereocenters. The molecule has 1 N–H and O–H groups in total. The molecule has 0 spiro atoms. The van der Waals surface area contributed by atoms with Crippen LogP contribution in [0, 0.1) is 5.82 Å². The minimum Gasteiger partial charge on any atom is -0.495 e. The zero-order chi connectivity index (χ0) is 13.8. The number of rotatable bonds is 4. The highest BCUT2D eigenvalue weighted by atomic mass is 35.5. The second kappa shape index (κ2) is 5.93. The van der Waals surface area contributed by atoms with Gasteiger partial charge in [0, 0.05) is 5.02 Å². The molecule has 2 aromatic rings. The summed E-state index contributed by atoms with van der Waals surface area (Å²) in [6.07, 6.45) is 0. The topological polar surface area (TPSA) is 21.3 Å². The Kier molecular flexibility index (Phi) is 4.27. The molecule has 2 nitrogen and oxygen atoms in total. The Balaban J connectivity index is 2.23. The highest BCUT2D eigenvalue weighted by Gasteiger charge is 2.12. The SMILES string of the molecule is COc1ccccc1NC(C)c1ccc(F)cc1Cl. The van der Waals surface area contributed by atoms with E-state index in [4.69, 9.17) is 16.3 Å². The summed E-state index contributed by atoms with van der Waals surface area (Å²) in [5, 5.41) is 3.72. The lowest BCUT2D eigenvalue weighted by Crippen LogP contribution is -2.08. The van der Waals surface area contributed by atoms with Crippen LogP contribution in [0.4, 0.5) is 10.1 Å². The Hall–Kier alpha value is -1.74. The van der Waals surface area contributed by atoms with Gasteiger partial charge >= 0.3 is 0 Å². The predicted octanol–water partition coefficient (Wildman–Crippen LogP) is 4.66. The molecule has 0 aliphatic carbocycles. The maximum Gasteiger partial charge on any atom is 0.141 e. The van der Waals surface area contributed by atoms with E-state index in [-0.39, 0.29) is 11.9 Å². The van der Waals surface area contributed by atoms with Crippen LogP contribution < -0.4 is 10.1 Å². The number of methoxy groups -OCH3 is 1. The van der Waals surface area contributed by atoms with Gasteiger partial charge in [-0.2, -0.15) is 0 Å². The van der Waals surface area contributed by atoms with E-state index in [1.54, 1.807) is 13.2 Å². The molecule has 1 atom stereocenters. The van der Waals surface area contributed by atoms with Gasteiger partial charge in [-0.05, 0) is 36.8 Å². The van der Waals surface area contributed by atoms with E-state index in [9.17, 15) is 4.39 Å². The number of hydrogen-bond donors (Lipinski definition) is 1. The normalized spacial score (nSPS) is 12.0. The smallest absolute Gasteiger partial charge is 0.141 e. The number of anilines is 1. The van der Waals surface area contributed by atoms with Gasteiger partial charge in [-0.3, -0.25) is 0 Å². The summed E-state index contributed by atoms with van der Waals surface area (Å²) >= 11 is 6.05. The molecule has 0 aromatic heterocycles. The van der Waals surface area contributed by atoms with Gasteiger partial charge in [-0.1, -0.05) is 29.8 Å². The van der Waals surface area contributed by atoms with E-state index in [1.807, 2.05) is 31.2 Å². The molecule has 0 fully saturated rings. The van der Waals surface area contributed by atoms with Gasteiger partial charge in [0.2, 0.25) is 0 Å². The van der Waals surface area contributed by atoms with Crippen molar-refractivity contribution in [3.8, 4) is 5.75 Å². The standard InChI is InChI=1S/C15H15ClFNO/c1-10(12-8-7-11(17)9-13(12)16)18-14-5-3-4-6-15(14)19-2/h3-10,18H,1-2H3. The molecule has 0 heterocycles. The average Bonchev–Trinajstić information content (AvgIpc) is 2.39. The average molecular weight is 280 g/mol. The summed E-state index contributed by atoms with van der Waals surface area (Å²) < 4.78 is 18.3. The largest absolute Gasteiger partial charge is 0.495 e. The molecule has 0 saturated heterocycles. The third kappa shape index (κ3) is 3.18. The van der Waals surface area contributed by atoms with Crippen LogP contribution in [0.5, 0.6) is 5.75 Å². The van der Waals surface area contributed by atoms with E-state index >= 15 is 0 Å². The van der Waals surface area contributed by atoms with Gasteiger partial charge in [0.15, 0.2) is 0 Å². The minimum atomic E-state index is -0.335. The monoisotopic (exact) mass is 279 g/mol. The molecule has 100 valence electrons. The Labute approximate surface area is 117 Å². The molecular weight excluding hydrogens is 265 g/mol. The lowest BCUT2D eigenvalue weighted by atomic mass is 10.1. The Morgan fingerprint density at radius 3 is 2.63 bits per heavy atom. The molecule has 0 saturated carbocycles. The number of hydrogen-bond acceptors (Lipinski definition) is 2. The fraction of sp³-hybridized carbons (Fsp3) is 0.200. The van der Waals surface area contributed by atoms with Crippen LogP contribution in [0.1, 0.15) is 18.5 Å². The van der Waals surface area contributed by atoms with Gasteiger partial charge in [-0.15, -0.1) is 0 Å². The summed E-state index contributed by atoms with van der Waals surface area (Å²) in [5.41, 5.74) is 1.71. The quantitative estimate of drug-likeness (QED) is 0.879. The zero-order valence-corrected chi connectivity index (χ0v) is 11.5. The van der Waals surface area contributed by atoms with Crippen molar-refractivity contribution in [2.45, 2.75) is 13.0 Å². The first-order valence-electron chi connectivity index (χ1n) is 5.96. The van der Waals surface area contributed by atoms with Crippen LogP contribution in [0.2, 0.25) is 5.02 Å². The zero-order valence-electron chi connectivity index (χ0n) is 10.8. The third-order valence-electron chi connectivity index (χ3n) is 2.91. The van der Waals surface area contributed by atoms with Gasteiger partial charge < -0.3 is 10.1 Å². The molecule has 19 heavy (non-hydrogen) atoms. The molecule has 2 aromatic carbocycles. The third-order valence-corrected chi connectivity index (χ3v) is 3.24. The Morgan fingerprint density at radius 1 is 1.21 bits per heavy atom. The van der Waals surface area contributed by atoms with Crippen LogP contribution in [0.15, 0.2) is 42.5 Å². The number of para-hydroxylation sites is 2. The van der Waals surface area contributed by atoms with Crippen LogP contribution in [-0.4, -0.2) is 7.11 Å². The van der Waals surface area contributed by atoms with Gasteiger partial charge in [-0.25, -0.2) is 4.39 Å². The molecule has 0 aliphatic heterocycles. The maximum absolute atomic E-state index is 13.0. The molecule has 0 bridgehead atoms. The van der Waals surface area contributed by atoms with Crippen LogP contribution in [-0.2, 0) is 0 Å². The van der Waals surface area contributed by atoms with E-state index in [1.165, 1.54) is 12.1 Å². The fourth-order valence-electron chi connectivity index (χ4n) is 1.93. The maximum atomic E-state index is 13.0. The van der Waals surface area contributed by atoms with Crippen LogP contribution in [0.3, 0.4) is 0 Å². The molecule has 0 amide bonds. The van der Waals surface area contributed by atoms with Gasteiger partial charge in [0.1, 0.15) is 11.6 Å². The first-order chi connectivity index (χ1) is 9.11. The second-order valence-corrected chi connectivity index (χ2v) is 4.64. The minimum absolute atomic E-state index is 0.0515. The summed E-state index contributed by atoms with van der Waals surface area (Å²) in [6, 6.07) is 12.0. The summed E-state index contributed by atoms with van der Waals surface area (Å²) in [6.45, 7) is 1.96. The summed E-state index contributed by atoms with van der Waals surface area (Å²) in [5.74, 6) is 0.422. The van der Waals surface area contributed by atoms with E-state index in [0.717, 1.165) is 17.0 Å². The van der Waals surface area contributed by atoms with Crippen molar-refractivity contribution in [1.82, 2.24) is 0 Å². The number of ether oxygens (including phenoxy) is 1. The molecule has 0 aliphatic rings. The highest BCUT2D eigenvalue weighted by molar-refractivity contribution is 6.31. The summed E-state index contributed by atoms with van der Waals surface area (Å²) in [4.78, 5) is 0. The Bertz CT molecular complexity index is 574. The lowest BCUT2D eigenvalue weighted by molar-refractivity contribution is 0.416. The van der Waals surface area contributed by atoms with Crippen LogP contribution in [0.25, 0.3) is 0 Å². The van der Waals surface area contributed by atoms with Crippen molar-refractivity contribution in [2.24, 2.45) is 0 Å². The van der Waals surface area contributed by atoms with Crippen molar-refractivity contribution in [3.05, 3.63) is 58.9 Å². The Morgan fingerprint density at radius 2 is 1.95 bits per heavy atom. The van der Waals surface area contributed by atoms with Gasteiger partial charge in [0.25, 0.3) is 0 Å². The summed E-state index contributed by atoms with van der Waals surface area (Å²) in [7, 11) is 1.62. The van der Waals surface area contributed by atoms with Crippen molar-refractivity contribution < 1.29 is 9.13 Å². The fourth-order valence-corrected chi connectivity index (χ4v) is 2.26. The molecule has 2 rings (SSSR count). The molecule has 0 radical (unpaired) electrons. The van der Waals surface area contributed by atoms with Crippen molar-refractivity contribution in [3.63, 3.8) is 0 Å². The highest BCUT2D eigenvalue weighted by Crippen LogP contribution is 2.30.